The number of halogens is 3. The van der Waals surface area contributed by atoms with Crippen molar-refractivity contribution in [3.05, 3.63) is 91.3 Å². The number of carboxylic acids is 1. The Hall–Kier alpha value is -4.15. The van der Waals surface area contributed by atoms with Gasteiger partial charge in [-0.25, -0.2) is 4.79 Å². The molecule has 6 rings (SSSR count). The lowest BCUT2D eigenvalue weighted by molar-refractivity contribution is -0.255. The van der Waals surface area contributed by atoms with Crippen molar-refractivity contribution >= 4 is 17.6 Å². The van der Waals surface area contributed by atoms with Gasteiger partial charge in [0.25, 0.3) is 5.56 Å². The number of fused-ring (bicyclic) bond motifs is 3. The van der Waals surface area contributed by atoms with Gasteiger partial charge in [-0.05, 0) is 66.6 Å². The second kappa shape index (κ2) is 7.44. The van der Waals surface area contributed by atoms with E-state index in [2.05, 4.69) is 0 Å². The van der Waals surface area contributed by atoms with E-state index < -0.39 is 46.0 Å². The number of aromatic carboxylic acids is 1. The molecule has 3 aromatic rings. The van der Waals surface area contributed by atoms with Crippen LogP contribution in [0.4, 0.5) is 18.9 Å². The fourth-order valence-corrected chi connectivity index (χ4v) is 5.84. The van der Waals surface area contributed by atoms with E-state index in [9.17, 15) is 37.5 Å². The van der Waals surface area contributed by atoms with E-state index in [1.54, 1.807) is 19.2 Å². The maximum Gasteiger partial charge on any atom is 0.416 e. The topological polar surface area (TPSA) is 104 Å². The van der Waals surface area contributed by atoms with Gasteiger partial charge in [-0.1, -0.05) is 12.1 Å². The lowest BCUT2D eigenvalue weighted by Gasteiger charge is -2.20. The molecule has 0 radical (unpaired) electrons. The van der Waals surface area contributed by atoms with Crippen molar-refractivity contribution in [3.8, 4) is 5.69 Å². The molecule has 1 aromatic heterocycles. The summed E-state index contributed by atoms with van der Waals surface area (Å²) in [5, 5.41) is 11.9. The van der Waals surface area contributed by atoms with Gasteiger partial charge in [0.05, 0.1) is 34.2 Å². The summed E-state index contributed by atoms with van der Waals surface area (Å²) in [4.78, 5) is 52.9. The van der Waals surface area contributed by atoms with Crippen molar-refractivity contribution in [2.75, 3.05) is 11.9 Å². The first kappa shape index (κ1) is 23.3. The summed E-state index contributed by atoms with van der Waals surface area (Å²) in [5.41, 5.74) is -2.62. The number of rotatable bonds is 3. The van der Waals surface area contributed by atoms with Crippen molar-refractivity contribution < 1.29 is 27.9 Å². The molecule has 3 aliphatic rings. The van der Waals surface area contributed by atoms with Gasteiger partial charge in [0, 0.05) is 18.9 Å². The fourth-order valence-electron chi connectivity index (χ4n) is 5.84. The van der Waals surface area contributed by atoms with Gasteiger partial charge in [-0.3, -0.25) is 18.7 Å². The molecule has 0 unspecified atom stereocenters. The van der Waals surface area contributed by atoms with Crippen molar-refractivity contribution in [1.29, 1.82) is 0 Å². The van der Waals surface area contributed by atoms with Gasteiger partial charge < -0.3 is 14.8 Å². The number of alkyl halides is 3. The molecule has 2 aromatic carbocycles. The van der Waals surface area contributed by atoms with Crippen molar-refractivity contribution in [2.45, 2.75) is 43.3 Å². The average molecular weight is 510 g/mol. The highest BCUT2D eigenvalue weighted by molar-refractivity contribution is 6.10. The zero-order valence-corrected chi connectivity index (χ0v) is 19.5. The number of hydrogen-bond acceptors (Lipinski definition) is 5. The lowest BCUT2D eigenvalue weighted by atomic mass is 9.97. The van der Waals surface area contributed by atoms with Crippen molar-refractivity contribution in [3.63, 3.8) is 0 Å². The van der Waals surface area contributed by atoms with E-state index in [1.807, 2.05) is 0 Å². The van der Waals surface area contributed by atoms with Crippen LogP contribution in [0.2, 0.25) is 0 Å². The quantitative estimate of drug-likeness (QED) is 0.536. The Morgan fingerprint density at radius 1 is 1.11 bits per heavy atom. The molecular weight excluding hydrogens is 491 g/mol. The maximum atomic E-state index is 13.7. The van der Waals surface area contributed by atoms with Crippen LogP contribution in [0.15, 0.2) is 52.2 Å². The predicted octanol–water partition coefficient (Wildman–Crippen LogP) is 1.93. The number of carbonyl (C=O) groups excluding carboxylic acids is 2. The third-order valence-corrected chi connectivity index (χ3v) is 7.79. The van der Waals surface area contributed by atoms with E-state index in [1.165, 1.54) is 23.1 Å². The number of likely N-dealkylation sites (N-methyl/N-ethyl adjacent to an activating group) is 1. The zero-order chi connectivity index (χ0) is 26.4. The summed E-state index contributed by atoms with van der Waals surface area (Å²) in [6, 6.07) is 7.28. The van der Waals surface area contributed by atoms with Crippen LogP contribution in [0.3, 0.4) is 0 Å². The van der Waals surface area contributed by atoms with E-state index in [-0.39, 0.29) is 35.6 Å². The van der Waals surface area contributed by atoms with Crippen LogP contribution in [-0.2, 0) is 22.8 Å². The van der Waals surface area contributed by atoms with Crippen LogP contribution in [-0.4, -0.2) is 28.1 Å². The maximum absolute atomic E-state index is 13.7. The summed E-state index contributed by atoms with van der Waals surface area (Å²) in [6.07, 6.45) is -2.47. The van der Waals surface area contributed by atoms with Crippen LogP contribution >= 0.6 is 0 Å². The molecule has 0 saturated heterocycles. The minimum absolute atomic E-state index is 0.0146. The van der Waals surface area contributed by atoms with E-state index in [0.717, 1.165) is 16.8 Å². The Bertz CT molecular complexity index is 1650. The number of nitrogens with zero attached hydrogens (tertiary/aromatic N) is 3. The van der Waals surface area contributed by atoms with Crippen LogP contribution < -0.4 is 21.3 Å². The zero-order valence-electron chi connectivity index (χ0n) is 19.5. The second-order valence-electron chi connectivity index (χ2n) is 9.73. The standard InChI is InChI=1S/C26H20F3N3O5/c1-30-20-7-5-13(11-18(20)25(9-10-25)23(30)36)31-12-16(22(34)35)21(33)32(24(31)37)19-8-6-14-15(19)3-2-4-17(14)26(27,28)29/h2-5,7,11-12,19H,6,8-10H2,1H3,(H,34,35)/p-1/t19-/m1/s1. The van der Waals surface area contributed by atoms with Crippen LogP contribution in [0.25, 0.3) is 5.69 Å². The molecule has 1 atom stereocenters. The Labute approximate surface area is 207 Å². The molecule has 0 bridgehead atoms. The Kier molecular flexibility index (Phi) is 4.67. The predicted molar refractivity (Wildman–Crippen MR) is 123 cm³/mol. The number of amides is 1. The SMILES string of the molecule is CN1C(=O)C2(CC2)c2cc(-n3cc(C(=O)[O-])c(=O)n([C@@H]4CCc5c4cccc5C(F)(F)F)c3=O)ccc21. The Morgan fingerprint density at radius 3 is 2.49 bits per heavy atom. The van der Waals surface area contributed by atoms with Gasteiger partial charge >= 0.3 is 11.9 Å². The van der Waals surface area contributed by atoms with Crippen LogP contribution in [0.1, 0.15) is 57.9 Å². The first-order valence-electron chi connectivity index (χ1n) is 11.7. The molecule has 2 aliphatic carbocycles. The van der Waals surface area contributed by atoms with Crippen molar-refractivity contribution in [2.24, 2.45) is 0 Å². The normalized spacial score (nSPS) is 19.3. The molecule has 37 heavy (non-hydrogen) atoms. The Balaban J connectivity index is 1.56. The molecule has 1 fully saturated rings. The number of benzene rings is 2. The molecule has 8 nitrogen and oxygen atoms in total. The summed E-state index contributed by atoms with van der Waals surface area (Å²) in [5.74, 6) is -1.88. The van der Waals surface area contributed by atoms with Gasteiger partial charge in [-0.2, -0.15) is 13.2 Å². The number of carboxylic acid groups (broad SMARTS) is 1. The van der Waals surface area contributed by atoms with E-state index in [4.69, 9.17) is 0 Å². The lowest BCUT2D eigenvalue weighted by Crippen LogP contribution is -2.45. The molecular formula is C26H19F3N3O5-. The number of carbonyl (C=O) groups is 2. The third kappa shape index (κ3) is 3.15. The van der Waals surface area contributed by atoms with E-state index >= 15 is 0 Å². The Morgan fingerprint density at radius 2 is 1.84 bits per heavy atom. The second-order valence-corrected chi connectivity index (χ2v) is 9.73. The van der Waals surface area contributed by atoms with Gasteiger partial charge in [-0.15, -0.1) is 0 Å². The highest BCUT2D eigenvalue weighted by Crippen LogP contribution is 2.57. The smallest absolute Gasteiger partial charge is 0.416 e. The largest absolute Gasteiger partial charge is 0.545 e. The molecule has 1 aliphatic heterocycles. The summed E-state index contributed by atoms with van der Waals surface area (Å²) in [7, 11) is 1.65. The van der Waals surface area contributed by atoms with Crippen molar-refractivity contribution in [1.82, 2.24) is 9.13 Å². The fraction of sp³-hybridized carbons (Fsp3) is 0.308. The van der Waals surface area contributed by atoms with Gasteiger partial charge in [0.2, 0.25) is 5.91 Å². The molecule has 190 valence electrons. The highest BCUT2D eigenvalue weighted by Gasteiger charge is 2.58. The summed E-state index contributed by atoms with van der Waals surface area (Å²) in [6.45, 7) is 0. The van der Waals surface area contributed by atoms with Crippen LogP contribution in [0, 0.1) is 0 Å². The highest BCUT2D eigenvalue weighted by atomic mass is 19.4. The van der Waals surface area contributed by atoms with Gasteiger partial charge in [0.1, 0.15) is 0 Å². The molecule has 2 heterocycles. The summed E-state index contributed by atoms with van der Waals surface area (Å²) >= 11 is 0. The number of anilines is 1. The third-order valence-electron chi connectivity index (χ3n) is 7.79. The first-order chi connectivity index (χ1) is 17.5. The minimum Gasteiger partial charge on any atom is -0.545 e. The monoisotopic (exact) mass is 510 g/mol. The molecule has 1 amide bonds. The summed E-state index contributed by atoms with van der Waals surface area (Å²) < 4.78 is 42.4. The number of aromatic nitrogens is 2. The molecule has 1 spiro atoms. The van der Waals surface area contributed by atoms with Crippen LogP contribution in [0.5, 0.6) is 0 Å². The molecule has 11 heteroatoms. The minimum atomic E-state index is -4.62. The molecule has 0 N–H and O–H groups in total. The molecule has 1 saturated carbocycles. The van der Waals surface area contributed by atoms with Gasteiger partial charge in [0.15, 0.2) is 0 Å². The average Bonchev–Trinajstić information content (AvgIpc) is 3.51. The number of hydrogen-bond donors (Lipinski definition) is 0. The first-order valence-corrected chi connectivity index (χ1v) is 11.7. The van der Waals surface area contributed by atoms with E-state index in [0.29, 0.717) is 28.7 Å².